The Morgan fingerprint density at radius 3 is 1.82 bits per heavy atom. The highest BCUT2D eigenvalue weighted by Gasteiger charge is 2.46. The summed E-state index contributed by atoms with van der Waals surface area (Å²) in [6, 6.07) is 13.2. The molecule has 2 rings (SSSR count). The van der Waals surface area contributed by atoms with Crippen LogP contribution >= 0.6 is 0 Å². The van der Waals surface area contributed by atoms with Gasteiger partial charge in [0.15, 0.2) is 11.5 Å². The molecule has 2 N–H and O–H groups in total. The van der Waals surface area contributed by atoms with E-state index in [9.17, 15) is 5.11 Å². The zero-order valence-electron chi connectivity index (χ0n) is 21.8. The van der Waals surface area contributed by atoms with E-state index in [0.29, 0.717) is 28.1 Å². The third-order valence-electron chi connectivity index (χ3n) is 6.70. The Morgan fingerprint density at radius 2 is 1.33 bits per heavy atom. The Balaban J connectivity index is 2.38. The van der Waals surface area contributed by atoms with Crippen molar-refractivity contribution >= 4 is 14.0 Å². The van der Waals surface area contributed by atoms with Crippen LogP contribution in [0.15, 0.2) is 42.5 Å². The lowest BCUT2D eigenvalue weighted by molar-refractivity contribution is 0.175. The molecule has 0 saturated heterocycles. The molecule has 0 unspecified atom stereocenters. The summed E-state index contributed by atoms with van der Waals surface area (Å²) in [6.45, 7) is 16.1. The standard InChI is InChI=1S/C27H43NO4Si/c1-18(2)33(19(3)4,20(5)6)32-21(7)16-25(28-23-11-13-24(29)14-12-23)22-10-15-26(30-8)27(17-22)31-9/h10-15,17-21,25,28-29H,16H2,1-9H3/t21-,25+/m1/s1. The van der Waals surface area contributed by atoms with E-state index in [-0.39, 0.29) is 17.9 Å². The van der Waals surface area contributed by atoms with Gasteiger partial charge in [0.2, 0.25) is 8.32 Å². The number of nitrogens with one attached hydrogen (secondary N) is 1. The molecule has 0 heterocycles. The number of aromatic hydroxyl groups is 1. The Morgan fingerprint density at radius 1 is 0.788 bits per heavy atom. The van der Waals surface area contributed by atoms with Crippen molar-refractivity contribution in [3.05, 3.63) is 48.0 Å². The maximum absolute atomic E-state index is 9.69. The van der Waals surface area contributed by atoms with Gasteiger partial charge >= 0.3 is 0 Å². The molecule has 0 saturated carbocycles. The van der Waals surface area contributed by atoms with Gasteiger partial charge in [0.1, 0.15) is 5.75 Å². The molecule has 2 aromatic rings. The molecule has 0 aliphatic carbocycles. The smallest absolute Gasteiger partial charge is 0.200 e. The zero-order valence-corrected chi connectivity index (χ0v) is 22.8. The van der Waals surface area contributed by atoms with Crippen LogP contribution in [0.3, 0.4) is 0 Å². The molecule has 0 aromatic heterocycles. The number of hydrogen-bond acceptors (Lipinski definition) is 5. The van der Waals surface area contributed by atoms with Crippen LogP contribution in [0, 0.1) is 0 Å². The van der Waals surface area contributed by atoms with Crippen molar-refractivity contribution in [3.8, 4) is 17.2 Å². The minimum Gasteiger partial charge on any atom is -0.508 e. The summed E-state index contributed by atoms with van der Waals surface area (Å²) in [5.41, 5.74) is 3.64. The van der Waals surface area contributed by atoms with Gasteiger partial charge in [-0.25, -0.2) is 0 Å². The van der Waals surface area contributed by atoms with E-state index in [1.165, 1.54) is 0 Å². The van der Waals surface area contributed by atoms with Crippen LogP contribution in [0.25, 0.3) is 0 Å². The predicted molar refractivity (Wildman–Crippen MR) is 140 cm³/mol. The van der Waals surface area contributed by atoms with Crippen LogP contribution in [0.4, 0.5) is 5.69 Å². The first-order chi connectivity index (χ1) is 15.5. The van der Waals surface area contributed by atoms with Crippen LogP contribution in [-0.4, -0.2) is 33.7 Å². The van der Waals surface area contributed by atoms with E-state index >= 15 is 0 Å². The molecule has 0 amide bonds. The molecular weight excluding hydrogens is 430 g/mol. The van der Waals surface area contributed by atoms with E-state index in [2.05, 4.69) is 59.8 Å². The van der Waals surface area contributed by atoms with Gasteiger partial charge in [0.25, 0.3) is 0 Å². The van der Waals surface area contributed by atoms with E-state index in [0.717, 1.165) is 17.7 Å². The molecule has 33 heavy (non-hydrogen) atoms. The molecule has 0 aliphatic heterocycles. The number of benzene rings is 2. The molecule has 0 spiro atoms. The second kappa shape index (κ2) is 11.8. The summed E-state index contributed by atoms with van der Waals surface area (Å²) in [4.78, 5) is 0. The van der Waals surface area contributed by atoms with Crippen LogP contribution in [-0.2, 0) is 4.43 Å². The van der Waals surface area contributed by atoms with Gasteiger partial charge in [-0.3, -0.25) is 0 Å². The van der Waals surface area contributed by atoms with Crippen LogP contribution in [0.1, 0.15) is 66.5 Å². The number of methoxy groups -OCH3 is 2. The third-order valence-corrected chi connectivity index (χ3v) is 12.9. The van der Waals surface area contributed by atoms with Gasteiger partial charge in [-0.05, 0) is 71.9 Å². The second-order valence-electron chi connectivity index (χ2n) is 9.84. The SMILES string of the molecule is COc1ccc([C@H](C[C@@H](C)O[Si](C(C)C)(C(C)C)C(C)C)Nc2ccc(O)cc2)cc1OC. The number of anilines is 1. The van der Waals surface area contributed by atoms with Gasteiger partial charge in [-0.15, -0.1) is 0 Å². The highest BCUT2D eigenvalue weighted by Crippen LogP contribution is 2.44. The van der Waals surface area contributed by atoms with Crippen molar-refractivity contribution in [2.75, 3.05) is 19.5 Å². The third kappa shape index (κ3) is 6.45. The molecule has 2 aromatic carbocycles. The molecular formula is C27H43NO4Si. The van der Waals surface area contributed by atoms with Gasteiger partial charge in [0.05, 0.1) is 20.3 Å². The Bertz CT molecular complexity index is 845. The van der Waals surface area contributed by atoms with Crippen LogP contribution < -0.4 is 14.8 Å². The van der Waals surface area contributed by atoms with Crippen LogP contribution in [0.2, 0.25) is 16.6 Å². The number of phenols is 1. The number of phenolic OH excluding ortho intramolecular Hbond substituents is 1. The fourth-order valence-corrected chi connectivity index (χ4v) is 10.9. The fraction of sp³-hybridized carbons (Fsp3) is 0.556. The monoisotopic (exact) mass is 473 g/mol. The van der Waals surface area contributed by atoms with Crippen molar-refractivity contribution in [1.29, 1.82) is 0 Å². The topological polar surface area (TPSA) is 60.0 Å². The van der Waals surface area contributed by atoms with Gasteiger partial charge in [-0.1, -0.05) is 47.6 Å². The summed E-state index contributed by atoms with van der Waals surface area (Å²) >= 11 is 0. The average molecular weight is 474 g/mol. The average Bonchev–Trinajstić information content (AvgIpc) is 2.77. The molecule has 0 bridgehead atoms. The van der Waals surface area contributed by atoms with Gasteiger partial charge in [-0.2, -0.15) is 0 Å². The normalized spacial score (nSPS) is 13.9. The lowest BCUT2D eigenvalue weighted by atomic mass is 10.00. The molecule has 0 radical (unpaired) electrons. The van der Waals surface area contributed by atoms with Gasteiger partial charge < -0.3 is 24.3 Å². The summed E-state index contributed by atoms with van der Waals surface area (Å²) in [5, 5.41) is 13.3. The van der Waals surface area contributed by atoms with E-state index in [4.69, 9.17) is 13.9 Å². The second-order valence-corrected chi connectivity index (χ2v) is 15.2. The minimum atomic E-state index is -2.00. The molecule has 184 valence electrons. The number of rotatable bonds is 12. The molecule has 0 aliphatic rings. The fourth-order valence-electron chi connectivity index (χ4n) is 5.24. The lowest BCUT2D eigenvalue weighted by Gasteiger charge is -2.44. The highest BCUT2D eigenvalue weighted by atomic mass is 28.4. The van der Waals surface area contributed by atoms with E-state index in [1.807, 2.05) is 24.3 Å². The summed E-state index contributed by atoms with van der Waals surface area (Å²) < 4.78 is 18.0. The number of ether oxygens (including phenoxy) is 2. The summed E-state index contributed by atoms with van der Waals surface area (Å²) in [7, 11) is 1.31. The Kier molecular flexibility index (Phi) is 9.67. The quantitative estimate of drug-likeness (QED) is 0.246. The molecule has 6 heteroatoms. The van der Waals surface area contributed by atoms with Crippen molar-refractivity contribution in [2.45, 2.75) is 83.7 Å². The first-order valence-electron chi connectivity index (χ1n) is 12.0. The van der Waals surface area contributed by atoms with Crippen molar-refractivity contribution in [2.24, 2.45) is 0 Å². The highest BCUT2D eigenvalue weighted by molar-refractivity contribution is 6.77. The molecule has 0 fully saturated rings. The summed E-state index contributed by atoms with van der Waals surface area (Å²) in [5.74, 6) is 1.66. The number of hydrogen-bond donors (Lipinski definition) is 2. The van der Waals surface area contributed by atoms with Crippen molar-refractivity contribution < 1.29 is 19.0 Å². The Labute approximate surface area is 201 Å². The van der Waals surface area contributed by atoms with Gasteiger partial charge in [0, 0.05) is 11.8 Å². The minimum absolute atomic E-state index is 0.00235. The maximum atomic E-state index is 9.69. The maximum Gasteiger partial charge on any atom is 0.200 e. The first-order valence-corrected chi connectivity index (χ1v) is 14.1. The Hall–Kier alpha value is -2.18. The van der Waals surface area contributed by atoms with E-state index in [1.54, 1.807) is 26.4 Å². The van der Waals surface area contributed by atoms with Crippen LogP contribution in [0.5, 0.6) is 17.2 Å². The van der Waals surface area contributed by atoms with Crippen molar-refractivity contribution in [3.63, 3.8) is 0 Å². The predicted octanol–water partition coefficient (Wildman–Crippen LogP) is 7.53. The van der Waals surface area contributed by atoms with E-state index < -0.39 is 8.32 Å². The molecule has 5 nitrogen and oxygen atoms in total. The first kappa shape index (κ1) is 27.1. The lowest BCUT2D eigenvalue weighted by Crippen LogP contribution is -2.50. The largest absolute Gasteiger partial charge is 0.508 e. The summed E-state index contributed by atoms with van der Waals surface area (Å²) in [6.07, 6.45) is 0.878. The molecule has 2 atom stereocenters. The van der Waals surface area contributed by atoms with Crippen molar-refractivity contribution in [1.82, 2.24) is 0 Å². The zero-order chi connectivity index (χ0) is 24.8.